The van der Waals surface area contributed by atoms with E-state index in [9.17, 15) is 4.79 Å². The van der Waals surface area contributed by atoms with E-state index in [4.69, 9.17) is 10.1 Å². The zero-order valence-corrected chi connectivity index (χ0v) is 20.1. The Labute approximate surface area is 202 Å². The molecule has 4 aromatic rings. The van der Waals surface area contributed by atoms with Crippen LogP contribution in [0.15, 0.2) is 48.8 Å². The van der Waals surface area contributed by atoms with Crippen LogP contribution in [0.2, 0.25) is 0 Å². The lowest BCUT2D eigenvalue weighted by molar-refractivity contribution is -0.114. The van der Waals surface area contributed by atoms with Gasteiger partial charge in [0.15, 0.2) is 5.13 Å². The summed E-state index contributed by atoms with van der Waals surface area (Å²) in [4.78, 5) is 24.2. The third kappa shape index (κ3) is 3.93. The molecule has 3 aromatic heterocycles. The number of hydrogen-bond acceptors (Lipinski definition) is 6. The van der Waals surface area contributed by atoms with E-state index in [1.807, 2.05) is 16.9 Å². The Morgan fingerprint density at radius 3 is 2.74 bits per heavy atom. The van der Waals surface area contributed by atoms with Crippen LogP contribution in [0.5, 0.6) is 0 Å². The first-order valence-corrected chi connectivity index (χ1v) is 12.5. The molecule has 0 saturated heterocycles. The van der Waals surface area contributed by atoms with Crippen LogP contribution in [0.25, 0.3) is 27.5 Å². The van der Waals surface area contributed by atoms with Crippen LogP contribution >= 0.6 is 11.3 Å². The molecule has 8 heteroatoms. The normalized spacial score (nSPS) is 14.7. The van der Waals surface area contributed by atoms with E-state index in [1.54, 1.807) is 6.20 Å². The molecule has 1 fully saturated rings. The molecule has 0 unspecified atom stereocenters. The van der Waals surface area contributed by atoms with Gasteiger partial charge >= 0.3 is 0 Å². The maximum absolute atomic E-state index is 11.6. The van der Waals surface area contributed by atoms with E-state index in [0.29, 0.717) is 5.13 Å². The van der Waals surface area contributed by atoms with Crippen LogP contribution in [0.3, 0.4) is 0 Å². The number of amides is 1. The molecular weight excluding hydrogens is 444 g/mol. The van der Waals surface area contributed by atoms with E-state index in [2.05, 4.69) is 52.6 Å². The van der Waals surface area contributed by atoms with Crippen molar-refractivity contribution < 1.29 is 4.79 Å². The van der Waals surface area contributed by atoms with Gasteiger partial charge in [-0.25, -0.2) is 9.67 Å². The number of anilines is 1. The second kappa shape index (κ2) is 8.45. The number of fused-ring (bicyclic) bond motifs is 3. The minimum atomic E-state index is -0.109. The average molecular weight is 471 g/mol. The van der Waals surface area contributed by atoms with E-state index >= 15 is 0 Å². The number of nitrogens with one attached hydrogen (secondary N) is 1. The van der Waals surface area contributed by atoms with Gasteiger partial charge in [0.1, 0.15) is 0 Å². The zero-order chi connectivity index (χ0) is 23.2. The Bertz CT molecular complexity index is 1350. The number of thiazole rings is 1. The number of benzene rings is 1. The summed E-state index contributed by atoms with van der Waals surface area (Å²) < 4.78 is 2.04. The summed E-state index contributed by atoms with van der Waals surface area (Å²) in [7, 11) is 2.20. The molecule has 2 aliphatic rings. The van der Waals surface area contributed by atoms with Gasteiger partial charge in [-0.15, -0.1) is 0 Å². The maximum Gasteiger partial charge on any atom is 0.223 e. The van der Waals surface area contributed by atoms with Gasteiger partial charge in [-0.1, -0.05) is 23.5 Å². The number of rotatable bonds is 6. The highest BCUT2D eigenvalue weighted by Crippen LogP contribution is 2.44. The second-order valence-corrected chi connectivity index (χ2v) is 10.1. The number of pyridine rings is 1. The van der Waals surface area contributed by atoms with Crippen molar-refractivity contribution in [3.63, 3.8) is 0 Å². The lowest BCUT2D eigenvalue weighted by atomic mass is 9.95. The third-order valence-corrected chi connectivity index (χ3v) is 7.53. The van der Waals surface area contributed by atoms with Crippen LogP contribution < -0.4 is 5.32 Å². The molecule has 0 atom stereocenters. The van der Waals surface area contributed by atoms with Gasteiger partial charge in [0.2, 0.25) is 5.91 Å². The maximum atomic E-state index is 11.6. The molecule has 1 N–H and O–H groups in total. The largest absolute Gasteiger partial charge is 0.302 e. The van der Waals surface area contributed by atoms with Gasteiger partial charge < -0.3 is 5.32 Å². The van der Waals surface area contributed by atoms with E-state index < -0.39 is 0 Å². The van der Waals surface area contributed by atoms with Crippen LogP contribution in [0.1, 0.15) is 36.6 Å². The van der Waals surface area contributed by atoms with E-state index in [0.717, 1.165) is 58.6 Å². The van der Waals surface area contributed by atoms with Crippen molar-refractivity contribution in [2.24, 2.45) is 0 Å². The molecule has 34 heavy (non-hydrogen) atoms. The van der Waals surface area contributed by atoms with Gasteiger partial charge in [-0.05, 0) is 62.6 Å². The fourth-order valence-electron chi connectivity index (χ4n) is 4.67. The molecule has 1 amide bonds. The Balaban J connectivity index is 1.44. The SMILES string of the molecule is CC(=O)Nc1nc2c(s1)-c1c(c(-c3cccnc3)nn1-c1ccc(CN(C)C3CC3)cc1)CC2. The standard InChI is InChI=1S/C26H26N6OS/c1-16(33)28-26-29-22-12-11-21-23(18-4-3-13-27-14-18)30-32(24(21)25(22)34-26)20-7-5-17(6-8-20)15-31(2)19-9-10-19/h3-8,13-14,19H,9-12,15H2,1-2H3,(H,28,29,33). The highest BCUT2D eigenvalue weighted by Gasteiger charge is 2.30. The summed E-state index contributed by atoms with van der Waals surface area (Å²) in [6, 6.07) is 13.4. The van der Waals surface area contributed by atoms with Crippen molar-refractivity contribution in [3.8, 4) is 27.5 Å². The molecule has 6 rings (SSSR count). The number of carbonyl (C=O) groups excluding carboxylic acids is 1. The summed E-state index contributed by atoms with van der Waals surface area (Å²) in [6.45, 7) is 2.47. The third-order valence-electron chi connectivity index (χ3n) is 6.51. The molecule has 7 nitrogen and oxygen atoms in total. The molecule has 0 bridgehead atoms. The van der Waals surface area contributed by atoms with Gasteiger partial charge in [0, 0.05) is 43.0 Å². The summed E-state index contributed by atoms with van der Waals surface area (Å²) in [6.07, 6.45) is 7.94. The van der Waals surface area contributed by atoms with Crippen molar-refractivity contribution in [1.82, 2.24) is 24.6 Å². The lowest BCUT2D eigenvalue weighted by Crippen LogP contribution is -2.19. The highest BCUT2D eigenvalue weighted by atomic mass is 32.1. The number of hydrogen-bond donors (Lipinski definition) is 1. The lowest BCUT2D eigenvalue weighted by Gasteiger charge is -2.16. The summed E-state index contributed by atoms with van der Waals surface area (Å²) in [5.41, 5.74) is 7.58. The van der Waals surface area contributed by atoms with Crippen molar-refractivity contribution >= 4 is 22.4 Å². The van der Waals surface area contributed by atoms with Crippen LogP contribution in [-0.2, 0) is 24.2 Å². The molecule has 3 heterocycles. The number of aryl methyl sites for hydroxylation is 1. The monoisotopic (exact) mass is 470 g/mol. The predicted octanol–water partition coefficient (Wildman–Crippen LogP) is 4.71. The Morgan fingerprint density at radius 1 is 1.21 bits per heavy atom. The Kier molecular flexibility index (Phi) is 5.27. The quantitative estimate of drug-likeness (QED) is 0.442. The van der Waals surface area contributed by atoms with E-state index in [-0.39, 0.29) is 5.91 Å². The molecule has 0 radical (unpaired) electrons. The van der Waals surface area contributed by atoms with Crippen molar-refractivity contribution in [2.45, 2.75) is 45.2 Å². The number of carbonyl (C=O) groups is 1. The molecule has 0 aliphatic heterocycles. The van der Waals surface area contributed by atoms with Gasteiger partial charge in [0.05, 0.1) is 27.6 Å². The van der Waals surface area contributed by atoms with Gasteiger partial charge in [0.25, 0.3) is 0 Å². The summed E-state index contributed by atoms with van der Waals surface area (Å²) in [5.74, 6) is -0.109. The zero-order valence-electron chi connectivity index (χ0n) is 19.3. The molecule has 2 aliphatic carbocycles. The smallest absolute Gasteiger partial charge is 0.223 e. The van der Waals surface area contributed by atoms with Crippen LogP contribution in [0.4, 0.5) is 5.13 Å². The summed E-state index contributed by atoms with van der Waals surface area (Å²) in [5, 5.41) is 8.58. The minimum Gasteiger partial charge on any atom is -0.302 e. The molecule has 1 aromatic carbocycles. The minimum absolute atomic E-state index is 0.109. The first-order chi connectivity index (χ1) is 16.6. The molecular formula is C26H26N6OS. The Morgan fingerprint density at radius 2 is 2.03 bits per heavy atom. The van der Waals surface area contributed by atoms with Crippen molar-refractivity contribution in [2.75, 3.05) is 12.4 Å². The second-order valence-electron chi connectivity index (χ2n) is 9.12. The number of nitrogens with zero attached hydrogens (tertiary/aromatic N) is 5. The highest BCUT2D eigenvalue weighted by molar-refractivity contribution is 7.19. The Hall–Kier alpha value is -3.36. The van der Waals surface area contributed by atoms with Crippen LogP contribution in [-0.4, -0.2) is 43.6 Å². The fraction of sp³-hybridized carbons (Fsp3) is 0.308. The molecule has 172 valence electrons. The molecule has 1 saturated carbocycles. The fourth-order valence-corrected chi connectivity index (χ4v) is 5.79. The average Bonchev–Trinajstić information content (AvgIpc) is 3.50. The van der Waals surface area contributed by atoms with Gasteiger partial charge in [-0.3, -0.25) is 14.7 Å². The predicted molar refractivity (Wildman–Crippen MR) is 134 cm³/mol. The topological polar surface area (TPSA) is 75.9 Å². The van der Waals surface area contributed by atoms with Crippen molar-refractivity contribution in [3.05, 3.63) is 65.6 Å². The summed E-state index contributed by atoms with van der Waals surface area (Å²) >= 11 is 1.52. The van der Waals surface area contributed by atoms with Gasteiger partial charge in [-0.2, -0.15) is 5.10 Å². The first-order valence-electron chi connectivity index (χ1n) is 11.7. The van der Waals surface area contributed by atoms with E-state index in [1.165, 1.54) is 42.2 Å². The van der Waals surface area contributed by atoms with Crippen LogP contribution in [0, 0.1) is 0 Å². The van der Waals surface area contributed by atoms with Crippen molar-refractivity contribution in [1.29, 1.82) is 0 Å². The number of aromatic nitrogens is 4. The molecule has 0 spiro atoms. The first kappa shape index (κ1) is 21.2.